The van der Waals surface area contributed by atoms with Crippen LogP contribution in [0.15, 0.2) is 24.3 Å². The summed E-state index contributed by atoms with van der Waals surface area (Å²) >= 11 is 0. The third-order valence-electron chi connectivity index (χ3n) is 2.05. The number of hydrogen-bond donors (Lipinski definition) is 1. The van der Waals surface area contributed by atoms with E-state index in [9.17, 15) is 9.59 Å². The van der Waals surface area contributed by atoms with E-state index in [2.05, 4.69) is 11.2 Å². The van der Waals surface area contributed by atoms with Crippen molar-refractivity contribution in [3.8, 4) is 18.1 Å². The third-order valence-corrected chi connectivity index (χ3v) is 2.05. The van der Waals surface area contributed by atoms with Gasteiger partial charge in [0.1, 0.15) is 11.3 Å². The Morgan fingerprint density at radius 1 is 1.39 bits per heavy atom. The number of nitrogens with one attached hydrogen (secondary N) is 1. The first-order valence-electron chi connectivity index (χ1n) is 5.19. The zero-order valence-electron chi connectivity index (χ0n) is 9.93. The highest BCUT2D eigenvalue weighted by Crippen LogP contribution is 2.17. The molecule has 1 amide bonds. The van der Waals surface area contributed by atoms with Crippen LogP contribution in [0, 0.1) is 12.3 Å². The summed E-state index contributed by atoms with van der Waals surface area (Å²) in [5.74, 6) is 1.57. The van der Waals surface area contributed by atoms with Gasteiger partial charge in [0.15, 0.2) is 6.61 Å². The molecule has 0 aliphatic carbocycles. The molecule has 1 rings (SSSR count). The minimum absolute atomic E-state index is 0.102. The van der Waals surface area contributed by atoms with Crippen LogP contribution in [0.2, 0.25) is 0 Å². The van der Waals surface area contributed by atoms with Crippen LogP contribution in [0.1, 0.15) is 10.4 Å². The largest absolute Gasteiger partial charge is 0.496 e. The Bertz CT molecular complexity index is 476. The maximum absolute atomic E-state index is 11.7. The van der Waals surface area contributed by atoms with Gasteiger partial charge in [0.2, 0.25) is 0 Å². The smallest absolute Gasteiger partial charge is 0.342 e. The number of methoxy groups -OCH3 is 1. The first kappa shape index (κ1) is 13.6. The van der Waals surface area contributed by atoms with Crippen molar-refractivity contribution >= 4 is 11.9 Å². The van der Waals surface area contributed by atoms with E-state index in [1.807, 2.05) is 0 Å². The average Bonchev–Trinajstić information content (AvgIpc) is 2.42. The molecule has 0 saturated carbocycles. The van der Waals surface area contributed by atoms with Gasteiger partial charge in [-0.25, -0.2) is 4.79 Å². The monoisotopic (exact) mass is 247 g/mol. The van der Waals surface area contributed by atoms with Crippen LogP contribution in [0.3, 0.4) is 0 Å². The van der Waals surface area contributed by atoms with Crippen molar-refractivity contribution in [2.75, 3.05) is 20.3 Å². The van der Waals surface area contributed by atoms with Gasteiger partial charge in [0.25, 0.3) is 5.91 Å². The van der Waals surface area contributed by atoms with Crippen molar-refractivity contribution < 1.29 is 19.1 Å². The lowest BCUT2D eigenvalue weighted by atomic mass is 10.2. The van der Waals surface area contributed by atoms with Gasteiger partial charge in [0.05, 0.1) is 13.7 Å². The Labute approximate surface area is 105 Å². The molecule has 94 valence electrons. The molecule has 1 aromatic carbocycles. The molecule has 0 heterocycles. The Balaban J connectivity index is 2.56. The Kier molecular flexibility index (Phi) is 5.26. The predicted octanol–water partition coefficient (Wildman–Crippen LogP) is 0.601. The molecular weight excluding hydrogens is 234 g/mol. The fraction of sp³-hybridized carbons (Fsp3) is 0.231. The lowest BCUT2D eigenvalue weighted by Crippen LogP contribution is -2.29. The fourth-order valence-electron chi connectivity index (χ4n) is 1.22. The summed E-state index contributed by atoms with van der Waals surface area (Å²) in [6.45, 7) is -0.274. The zero-order valence-corrected chi connectivity index (χ0v) is 9.93. The molecule has 5 nitrogen and oxygen atoms in total. The molecule has 0 fully saturated rings. The third kappa shape index (κ3) is 3.83. The van der Waals surface area contributed by atoms with Crippen LogP contribution in [-0.4, -0.2) is 32.1 Å². The Morgan fingerprint density at radius 2 is 2.11 bits per heavy atom. The van der Waals surface area contributed by atoms with Crippen LogP contribution >= 0.6 is 0 Å². The number of esters is 1. The molecule has 0 radical (unpaired) electrons. The molecule has 0 atom stereocenters. The van der Waals surface area contributed by atoms with Crippen molar-refractivity contribution in [3.05, 3.63) is 29.8 Å². The van der Waals surface area contributed by atoms with Gasteiger partial charge in [-0.05, 0) is 12.1 Å². The van der Waals surface area contributed by atoms with Gasteiger partial charge in [-0.15, -0.1) is 6.42 Å². The highest BCUT2D eigenvalue weighted by molar-refractivity contribution is 5.93. The molecule has 0 unspecified atom stereocenters. The van der Waals surface area contributed by atoms with E-state index >= 15 is 0 Å². The highest BCUT2D eigenvalue weighted by Gasteiger charge is 2.14. The molecule has 5 heteroatoms. The SMILES string of the molecule is C#CCNC(=O)COC(=O)c1ccccc1OC. The van der Waals surface area contributed by atoms with E-state index in [4.69, 9.17) is 15.9 Å². The van der Waals surface area contributed by atoms with Crippen LogP contribution in [0.5, 0.6) is 5.75 Å². The molecule has 0 aliphatic rings. The van der Waals surface area contributed by atoms with Crippen molar-refractivity contribution in [1.82, 2.24) is 5.32 Å². The summed E-state index contributed by atoms with van der Waals surface area (Å²) in [5, 5.41) is 2.38. The predicted molar refractivity (Wildman–Crippen MR) is 65.1 cm³/mol. The van der Waals surface area contributed by atoms with Gasteiger partial charge in [0, 0.05) is 0 Å². The molecule has 0 saturated heterocycles. The van der Waals surface area contributed by atoms with Crippen LogP contribution in [0.4, 0.5) is 0 Å². The van der Waals surface area contributed by atoms with E-state index < -0.39 is 11.9 Å². The van der Waals surface area contributed by atoms with Crippen molar-refractivity contribution in [3.63, 3.8) is 0 Å². The quantitative estimate of drug-likeness (QED) is 0.611. The minimum Gasteiger partial charge on any atom is -0.496 e. The van der Waals surface area contributed by atoms with E-state index in [0.29, 0.717) is 5.75 Å². The normalized spacial score (nSPS) is 9.11. The number of ether oxygens (including phenoxy) is 2. The lowest BCUT2D eigenvalue weighted by Gasteiger charge is -2.08. The molecular formula is C13H13NO4. The summed E-state index contributed by atoms with van der Waals surface area (Å²) in [5.41, 5.74) is 0.268. The van der Waals surface area contributed by atoms with Gasteiger partial charge < -0.3 is 14.8 Å². The van der Waals surface area contributed by atoms with Gasteiger partial charge in [-0.1, -0.05) is 18.1 Å². The molecule has 0 aliphatic heterocycles. The number of rotatable bonds is 5. The molecule has 0 aromatic heterocycles. The molecule has 18 heavy (non-hydrogen) atoms. The van der Waals surface area contributed by atoms with Gasteiger partial charge in [-0.2, -0.15) is 0 Å². The second kappa shape index (κ2) is 6.97. The lowest BCUT2D eigenvalue weighted by molar-refractivity contribution is -0.123. The van der Waals surface area contributed by atoms with E-state index in [-0.39, 0.29) is 18.7 Å². The Morgan fingerprint density at radius 3 is 2.78 bits per heavy atom. The summed E-state index contributed by atoms with van der Waals surface area (Å²) < 4.78 is 9.84. The van der Waals surface area contributed by atoms with E-state index in [1.165, 1.54) is 7.11 Å². The summed E-state index contributed by atoms with van der Waals surface area (Å²) in [6.07, 6.45) is 4.97. The number of benzene rings is 1. The number of amides is 1. The summed E-state index contributed by atoms with van der Waals surface area (Å²) in [7, 11) is 1.45. The highest BCUT2D eigenvalue weighted by atomic mass is 16.5. The first-order valence-corrected chi connectivity index (χ1v) is 5.19. The summed E-state index contributed by atoms with van der Waals surface area (Å²) in [6, 6.07) is 6.60. The van der Waals surface area contributed by atoms with Crippen LogP contribution in [-0.2, 0) is 9.53 Å². The van der Waals surface area contributed by atoms with Crippen molar-refractivity contribution in [2.45, 2.75) is 0 Å². The molecule has 1 aromatic rings. The van der Waals surface area contributed by atoms with Gasteiger partial charge >= 0.3 is 5.97 Å². The number of carbonyl (C=O) groups excluding carboxylic acids is 2. The maximum atomic E-state index is 11.7. The van der Waals surface area contributed by atoms with Crippen molar-refractivity contribution in [1.29, 1.82) is 0 Å². The fourth-order valence-corrected chi connectivity index (χ4v) is 1.22. The molecule has 0 spiro atoms. The molecule has 1 N–H and O–H groups in total. The van der Waals surface area contributed by atoms with Crippen molar-refractivity contribution in [2.24, 2.45) is 0 Å². The standard InChI is InChI=1S/C13H13NO4/c1-3-8-14-12(15)9-18-13(16)10-6-4-5-7-11(10)17-2/h1,4-7H,8-9H2,2H3,(H,14,15). The number of carbonyl (C=O) groups is 2. The second-order valence-electron chi connectivity index (χ2n) is 3.26. The topological polar surface area (TPSA) is 64.6 Å². The maximum Gasteiger partial charge on any atom is 0.342 e. The van der Waals surface area contributed by atoms with E-state index in [0.717, 1.165) is 0 Å². The minimum atomic E-state index is -0.622. The molecule has 0 bridgehead atoms. The summed E-state index contributed by atoms with van der Waals surface area (Å²) in [4.78, 5) is 22.9. The van der Waals surface area contributed by atoms with Crippen LogP contribution < -0.4 is 10.1 Å². The number of terminal acetylenes is 1. The first-order chi connectivity index (χ1) is 8.69. The zero-order chi connectivity index (χ0) is 13.4. The number of hydrogen-bond acceptors (Lipinski definition) is 4. The number of para-hydroxylation sites is 1. The van der Waals surface area contributed by atoms with Gasteiger partial charge in [-0.3, -0.25) is 4.79 Å². The average molecular weight is 247 g/mol. The van der Waals surface area contributed by atoms with E-state index in [1.54, 1.807) is 24.3 Å². The van der Waals surface area contributed by atoms with Crippen LogP contribution in [0.25, 0.3) is 0 Å². The Hall–Kier alpha value is -2.48. The second-order valence-corrected chi connectivity index (χ2v) is 3.26.